The maximum Gasteiger partial charge on any atom is 0.271 e. The molecule has 4 aromatic rings. The van der Waals surface area contributed by atoms with Crippen LogP contribution in [0.15, 0.2) is 95.4 Å². The molecule has 4 nitrogen and oxygen atoms in total. The van der Waals surface area contributed by atoms with E-state index < -0.39 is 0 Å². The Morgan fingerprint density at radius 2 is 1.54 bits per heavy atom. The third-order valence-electron chi connectivity index (χ3n) is 4.36. The molecule has 0 aliphatic carbocycles. The molecule has 0 saturated carbocycles. The minimum atomic E-state index is -0.231. The van der Waals surface area contributed by atoms with E-state index in [4.69, 9.17) is 0 Å². The Labute approximate surface area is 167 Å². The number of amides is 1. The van der Waals surface area contributed by atoms with Crippen LogP contribution in [0.3, 0.4) is 0 Å². The molecule has 5 heteroatoms. The number of hydrogen-bond donors (Lipinski definition) is 1. The molecule has 0 fully saturated rings. The van der Waals surface area contributed by atoms with Crippen LogP contribution in [0.5, 0.6) is 0 Å². The summed E-state index contributed by atoms with van der Waals surface area (Å²) in [4.78, 5) is 13.1. The largest absolute Gasteiger partial charge is 0.284 e. The Morgan fingerprint density at radius 3 is 2.21 bits per heavy atom. The maximum absolute atomic E-state index is 12.4. The topological polar surface area (TPSA) is 46.4 Å². The standard InChI is InChI=1S/C23H19N3OS/c1-17-12-14-18(15-13-17)21-16-28-23(26(21)20-10-6-3-7-11-20)25-24-22(27)19-8-4-2-5-9-19/h2-16H,1H3,(H,24,27). The van der Waals surface area contributed by atoms with E-state index in [1.807, 2.05) is 48.5 Å². The highest BCUT2D eigenvalue weighted by Crippen LogP contribution is 2.23. The highest BCUT2D eigenvalue weighted by molar-refractivity contribution is 7.07. The predicted molar refractivity (Wildman–Crippen MR) is 113 cm³/mol. The Bertz CT molecular complexity index is 1140. The lowest BCUT2D eigenvalue weighted by Gasteiger charge is -2.09. The minimum absolute atomic E-state index is 0.231. The Kier molecular flexibility index (Phi) is 5.17. The van der Waals surface area contributed by atoms with Crippen molar-refractivity contribution in [2.45, 2.75) is 6.92 Å². The van der Waals surface area contributed by atoms with Gasteiger partial charge in [-0.25, -0.2) is 5.43 Å². The zero-order chi connectivity index (χ0) is 19.3. The van der Waals surface area contributed by atoms with Crippen molar-refractivity contribution >= 4 is 17.2 Å². The number of hydrogen-bond acceptors (Lipinski definition) is 3. The molecule has 1 aromatic heterocycles. The lowest BCUT2D eigenvalue weighted by molar-refractivity contribution is 0.0953. The van der Waals surface area contributed by atoms with E-state index in [1.54, 1.807) is 12.1 Å². The van der Waals surface area contributed by atoms with E-state index in [1.165, 1.54) is 16.9 Å². The fourth-order valence-corrected chi connectivity index (χ4v) is 3.76. The van der Waals surface area contributed by atoms with Crippen molar-refractivity contribution in [1.82, 2.24) is 9.99 Å². The molecule has 1 N–H and O–H groups in total. The molecule has 0 atom stereocenters. The second-order valence-corrected chi connectivity index (χ2v) is 7.20. The smallest absolute Gasteiger partial charge is 0.271 e. The van der Waals surface area contributed by atoms with Crippen LogP contribution >= 0.6 is 11.3 Å². The quantitative estimate of drug-likeness (QED) is 0.506. The Balaban J connectivity index is 1.77. The number of thiazole rings is 1. The summed E-state index contributed by atoms with van der Waals surface area (Å²) in [6, 6.07) is 27.5. The second kappa shape index (κ2) is 8.06. The summed E-state index contributed by atoms with van der Waals surface area (Å²) >= 11 is 1.49. The molecule has 0 radical (unpaired) electrons. The van der Waals surface area contributed by atoms with Gasteiger partial charge in [-0.1, -0.05) is 66.2 Å². The lowest BCUT2D eigenvalue weighted by Crippen LogP contribution is -2.24. The van der Waals surface area contributed by atoms with Gasteiger partial charge < -0.3 is 0 Å². The first-order valence-corrected chi connectivity index (χ1v) is 9.82. The van der Waals surface area contributed by atoms with Crippen LogP contribution in [0.2, 0.25) is 0 Å². The van der Waals surface area contributed by atoms with E-state index in [0.717, 1.165) is 16.9 Å². The number of aromatic nitrogens is 1. The fourth-order valence-electron chi connectivity index (χ4n) is 2.89. The molecule has 28 heavy (non-hydrogen) atoms. The SMILES string of the molecule is Cc1ccc(-c2csc(=NNC(=O)c3ccccc3)n2-c2ccccc2)cc1. The first kappa shape index (κ1) is 17.9. The second-order valence-electron chi connectivity index (χ2n) is 6.36. The first-order chi connectivity index (χ1) is 13.7. The number of nitrogens with zero attached hydrogens (tertiary/aromatic N) is 2. The zero-order valence-corrected chi connectivity index (χ0v) is 16.2. The third kappa shape index (κ3) is 3.80. The summed E-state index contributed by atoms with van der Waals surface area (Å²) < 4.78 is 2.06. The number of carbonyl (C=O) groups excluding carboxylic acids is 1. The van der Waals surface area contributed by atoms with Gasteiger partial charge in [-0.05, 0) is 36.8 Å². The van der Waals surface area contributed by atoms with Crippen molar-refractivity contribution in [3.63, 3.8) is 0 Å². The molecule has 0 aliphatic rings. The summed E-state index contributed by atoms with van der Waals surface area (Å²) in [5.74, 6) is -0.231. The molecular formula is C23H19N3OS. The van der Waals surface area contributed by atoms with E-state index in [2.05, 4.69) is 51.7 Å². The summed E-state index contributed by atoms with van der Waals surface area (Å²) in [6.45, 7) is 2.07. The van der Waals surface area contributed by atoms with E-state index >= 15 is 0 Å². The molecule has 0 saturated heterocycles. The van der Waals surface area contributed by atoms with Crippen LogP contribution < -0.4 is 10.2 Å². The van der Waals surface area contributed by atoms with Crippen molar-refractivity contribution in [2.75, 3.05) is 0 Å². The number of aryl methyl sites for hydroxylation is 1. The van der Waals surface area contributed by atoms with Crippen LogP contribution in [0.1, 0.15) is 15.9 Å². The third-order valence-corrected chi connectivity index (χ3v) is 5.18. The number of carbonyl (C=O) groups is 1. The van der Waals surface area contributed by atoms with Gasteiger partial charge in [-0.3, -0.25) is 9.36 Å². The van der Waals surface area contributed by atoms with Gasteiger partial charge in [0.05, 0.1) is 5.69 Å². The molecule has 138 valence electrons. The lowest BCUT2D eigenvalue weighted by atomic mass is 10.1. The van der Waals surface area contributed by atoms with Gasteiger partial charge >= 0.3 is 0 Å². The summed E-state index contributed by atoms with van der Waals surface area (Å²) in [5.41, 5.74) is 7.59. The van der Waals surface area contributed by atoms with Gasteiger partial charge in [0, 0.05) is 16.6 Å². The van der Waals surface area contributed by atoms with Crippen LogP contribution in [0.4, 0.5) is 0 Å². The molecule has 4 rings (SSSR count). The monoisotopic (exact) mass is 385 g/mol. The number of benzene rings is 3. The highest BCUT2D eigenvalue weighted by atomic mass is 32.1. The number of rotatable bonds is 4. The normalized spacial score (nSPS) is 11.4. The minimum Gasteiger partial charge on any atom is -0.284 e. The van der Waals surface area contributed by atoms with Crippen LogP contribution in [-0.4, -0.2) is 10.5 Å². The van der Waals surface area contributed by atoms with E-state index in [-0.39, 0.29) is 5.91 Å². The Morgan fingerprint density at radius 1 is 0.893 bits per heavy atom. The van der Waals surface area contributed by atoms with E-state index in [9.17, 15) is 4.79 Å². The molecule has 0 bridgehead atoms. The molecule has 1 heterocycles. The average molecular weight is 385 g/mol. The zero-order valence-electron chi connectivity index (χ0n) is 15.4. The molecule has 0 unspecified atom stereocenters. The Hall–Kier alpha value is -3.44. The summed E-state index contributed by atoms with van der Waals surface area (Å²) in [7, 11) is 0. The molecular weight excluding hydrogens is 366 g/mol. The van der Waals surface area contributed by atoms with Crippen molar-refractivity contribution in [3.05, 3.63) is 106 Å². The van der Waals surface area contributed by atoms with Gasteiger partial charge in [-0.15, -0.1) is 16.4 Å². The summed E-state index contributed by atoms with van der Waals surface area (Å²) in [5, 5.41) is 6.47. The fraction of sp³-hybridized carbons (Fsp3) is 0.0435. The van der Waals surface area contributed by atoms with Crippen LogP contribution in [0, 0.1) is 6.92 Å². The molecule has 1 amide bonds. The molecule has 3 aromatic carbocycles. The number of nitrogens with one attached hydrogen (secondary N) is 1. The first-order valence-electron chi connectivity index (χ1n) is 8.94. The van der Waals surface area contributed by atoms with Gasteiger partial charge in [0.25, 0.3) is 5.91 Å². The highest BCUT2D eigenvalue weighted by Gasteiger charge is 2.11. The van der Waals surface area contributed by atoms with Gasteiger partial charge in [0.2, 0.25) is 4.80 Å². The predicted octanol–water partition coefficient (Wildman–Crippen LogP) is 4.76. The van der Waals surface area contributed by atoms with E-state index in [0.29, 0.717) is 10.4 Å². The van der Waals surface area contributed by atoms with Crippen LogP contribution in [0.25, 0.3) is 16.9 Å². The van der Waals surface area contributed by atoms with Crippen molar-refractivity contribution < 1.29 is 4.79 Å². The van der Waals surface area contributed by atoms with Gasteiger partial charge in [0.15, 0.2) is 0 Å². The average Bonchev–Trinajstić information content (AvgIpc) is 3.17. The van der Waals surface area contributed by atoms with Crippen molar-refractivity contribution in [3.8, 4) is 16.9 Å². The van der Waals surface area contributed by atoms with Gasteiger partial charge in [-0.2, -0.15) is 0 Å². The van der Waals surface area contributed by atoms with Gasteiger partial charge in [0.1, 0.15) is 0 Å². The maximum atomic E-state index is 12.4. The van der Waals surface area contributed by atoms with Crippen molar-refractivity contribution in [2.24, 2.45) is 5.10 Å². The van der Waals surface area contributed by atoms with Crippen molar-refractivity contribution in [1.29, 1.82) is 0 Å². The van der Waals surface area contributed by atoms with Crippen LogP contribution in [-0.2, 0) is 0 Å². The summed E-state index contributed by atoms with van der Waals surface area (Å²) in [6.07, 6.45) is 0. The molecule has 0 spiro atoms. The molecule has 0 aliphatic heterocycles. The number of para-hydroxylation sites is 1.